The normalized spacial score (nSPS) is 22.1. The Morgan fingerprint density at radius 3 is 1.95 bits per heavy atom. The second-order valence-electron chi connectivity index (χ2n) is 12.3. The van der Waals surface area contributed by atoms with Crippen LogP contribution in [-0.4, -0.2) is 31.6 Å². The van der Waals surface area contributed by atoms with E-state index in [-0.39, 0.29) is 0 Å². The Bertz CT molecular complexity index is 1840. The molecule has 0 spiro atoms. The number of aromatic nitrogens is 4. The van der Waals surface area contributed by atoms with Crippen molar-refractivity contribution < 1.29 is 0 Å². The lowest BCUT2D eigenvalue weighted by Gasteiger charge is -2.37. The van der Waals surface area contributed by atoms with Crippen molar-refractivity contribution in [3.05, 3.63) is 103 Å². The zero-order chi connectivity index (χ0) is 28.2. The van der Waals surface area contributed by atoms with Crippen LogP contribution in [0.15, 0.2) is 103 Å². The Labute approximate surface area is 246 Å². The van der Waals surface area contributed by atoms with Gasteiger partial charge in [-0.05, 0) is 62.6 Å². The number of benzene rings is 4. The quantitative estimate of drug-likeness (QED) is 0.221. The Balaban J connectivity index is 1.37. The summed E-state index contributed by atoms with van der Waals surface area (Å²) in [6, 6.07) is 37.2. The molecule has 4 heterocycles. The fraction of sp³-hybridized carbons (Fsp3) is 0.270. The van der Waals surface area contributed by atoms with E-state index in [1.54, 1.807) is 0 Å². The maximum atomic E-state index is 5.12. The molecule has 4 unspecified atom stereocenters. The molecule has 9 rings (SSSR count). The van der Waals surface area contributed by atoms with Gasteiger partial charge in [0.05, 0.1) is 11.0 Å². The second-order valence-corrected chi connectivity index (χ2v) is 12.3. The van der Waals surface area contributed by atoms with Crippen LogP contribution in [0.5, 0.6) is 0 Å². The highest BCUT2D eigenvalue weighted by Gasteiger charge is 2.38. The van der Waals surface area contributed by atoms with Crippen molar-refractivity contribution >= 4 is 27.5 Å². The monoisotopic (exact) mass is 549 g/mol. The number of rotatable bonds is 4. The molecule has 4 atom stereocenters. The van der Waals surface area contributed by atoms with Crippen LogP contribution in [0, 0.1) is 11.8 Å². The third-order valence-electron chi connectivity index (χ3n) is 9.67. The third-order valence-corrected chi connectivity index (χ3v) is 9.67. The molecule has 6 aromatic rings. The van der Waals surface area contributed by atoms with Crippen molar-refractivity contribution in [2.75, 3.05) is 4.90 Å². The highest BCUT2D eigenvalue weighted by Crippen LogP contribution is 2.44. The maximum absolute atomic E-state index is 5.12. The van der Waals surface area contributed by atoms with Gasteiger partial charge in [0.1, 0.15) is 0 Å². The predicted octanol–water partition coefficient (Wildman–Crippen LogP) is 8.71. The van der Waals surface area contributed by atoms with Gasteiger partial charge in [-0.3, -0.25) is 4.57 Å². The van der Waals surface area contributed by atoms with Crippen molar-refractivity contribution in [3.8, 4) is 28.7 Å². The van der Waals surface area contributed by atoms with Gasteiger partial charge in [-0.15, -0.1) is 0 Å². The lowest BCUT2D eigenvalue weighted by molar-refractivity contribution is 0.252. The van der Waals surface area contributed by atoms with Gasteiger partial charge in [-0.2, -0.15) is 9.97 Å². The van der Waals surface area contributed by atoms with E-state index in [1.807, 2.05) is 36.4 Å². The smallest absolute Gasteiger partial charge is 0.238 e. The van der Waals surface area contributed by atoms with E-state index in [4.69, 9.17) is 15.0 Å². The summed E-state index contributed by atoms with van der Waals surface area (Å²) in [6.07, 6.45) is 5.19. The molecule has 2 aromatic heterocycles. The number of fused-ring (bicyclic) bond motifs is 7. The van der Waals surface area contributed by atoms with E-state index in [1.165, 1.54) is 42.1 Å². The van der Waals surface area contributed by atoms with Crippen LogP contribution in [0.2, 0.25) is 0 Å². The van der Waals surface area contributed by atoms with Gasteiger partial charge in [-0.1, -0.05) is 91.9 Å². The number of para-hydroxylation sites is 1. The molecule has 2 saturated heterocycles. The first-order valence-corrected chi connectivity index (χ1v) is 15.3. The van der Waals surface area contributed by atoms with Crippen molar-refractivity contribution in [1.29, 1.82) is 0 Å². The first kappa shape index (κ1) is 25.2. The minimum absolute atomic E-state index is 0.522. The van der Waals surface area contributed by atoms with Gasteiger partial charge in [0.25, 0.3) is 0 Å². The average molecular weight is 550 g/mol. The minimum atomic E-state index is 0.522. The molecule has 208 valence electrons. The topological polar surface area (TPSA) is 46.8 Å². The molecular weight excluding hydrogens is 514 g/mol. The summed E-state index contributed by atoms with van der Waals surface area (Å²) in [5, 5.41) is 2.43. The average Bonchev–Trinajstić information content (AvgIpc) is 3.20. The highest BCUT2D eigenvalue weighted by atomic mass is 15.2. The van der Waals surface area contributed by atoms with Crippen LogP contribution >= 0.6 is 0 Å². The molecular formula is C37H35N5. The molecule has 0 amide bonds. The third kappa shape index (κ3) is 4.18. The molecule has 2 aliphatic heterocycles. The molecule has 1 aliphatic carbocycles. The maximum Gasteiger partial charge on any atom is 0.238 e. The van der Waals surface area contributed by atoms with Crippen molar-refractivity contribution in [2.24, 2.45) is 11.8 Å². The first-order valence-electron chi connectivity index (χ1n) is 15.3. The summed E-state index contributed by atoms with van der Waals surface area (Å²) in [5.41, 5.74) is 5.50. The Morgan fingerprint density at radius 2 is 1.26 bits per heavy atom. The summed E-state index contributed by atoms with van der Waals surface area (Å²) < 4.78 is 2.25. The Morgan fingerprint density at radius 1 is 0.619 bits per heavy atom. The van der Waals surface area contributed by atoms with Crippen LogP contribution in [0.25, 0.3) is 50.5 Å². The van der Waals surface area contributed by atoms with E-state index in [2.05, 4.69) is 90.0 Å². The molecule has 3 fully saturated rings. The molecule has 1 saturated carbocycles. The van der Waals surface area contributed by atoms with Gasteiger partial charge >= 0.3 is 0 Å². The van der Waals surface area contributed by atoms with Crippen LogP contribution in [0.3, 0.4) is 0 Å². The molecule has 3 aliphatic rings. The molecule has 4 aromatic carbocycles. The zero-order valence-corrected chi connectivity index (χ0v) is 24.2. The van der Waals surface area contributed by atoms with E-state index in [0.29, 0.717) is 29.7 Å². The molecule has 0 radical (unpaired) electrons. The Hall–Kier alpha value is -4.51. The zero-order valence-electron chi connectivity index (χ0n) is 24.2. The van der Waals surface area contributed by atoms with Gasteiger partial charge in [0.2, 0.25) is 5.95 Å². The fourth-order valence-corrected chi connectivity index (χ4v) is 7.64. The standard InChI is InChI=1S/C37H35N5/c1-24-21-29-18-17-28(24)22-25(2)41(29)30-19-20-32-31-15-9-10-16-33(31)42(34(32)23-30)37-39-35(26-11-5-3-6-12-26)38-36(40-37)27-13-7-4-8-14-27/h3-16,19-20,23-25,28-29H,17-18,21-22H2,1-2H3. The van der Waals surface area contributed by atoms with E-state index in [0.717, 1.165) is 34.0 Å². The van der Waals surface area contributed by atoms with E-state index < -0.39 is 0 Å². The molecule has 0 N–H and O–H groups in total. The fourth-order valence-electron chi connectivity index (χ4n) is 7.64. The Kier molecular flexibility index (Phi) is 6.06. The molecule has 5 heteroatoms. The molecule has 2 bridgehead atoms. The first-order chi connectivity index (χ1) is 20.6. The number of anilines is 1. The lowest BCUT2D eigenvalue weighted by Crippen LogP contribution is -2.40. The number of hydrogen-bond acceptors (Lipinski definition) is 4. The SMILES string of the molecule is CC1CC2CCC1CC(C)N2c1ccc2c3ccccc3n(-c3nc(-c4ccccc4)nc(-c4ccccc4)n3)c2c1. The minimum Gasteiger partial charge on any atom is -0.366 e. The van der Waals surface area contributed by atoms with Gasteiger partial charge < -0.3 is 4.90 Å². The molecule has 5 nitrogen and oxygen atoms in total. The summed E-state index contributed by atoms with van der Waals surface area (Å²) in [6.45, 7) is 4.89. The van der Waals surface area contributed by atoms with Crippen LogP contribution in [0.1, 0.15) is 39.5 Å². The second kappa shape index (κ2) is 10.1. The highest BCUT2D eigenvalue weighted by molar-refractivity contribution is 6.09. The summed E-state index contributed by atoms with van der Waals surface area (Å²) in [7, 11) is 0. The van der Waals surface area contributed by atoms with Crippen molar-refractivity contribution in [3.63, 3.8) is 0 Å². The summed E-state index contributed by atoms with van der Waals surface area (Å²) in [4.78, 5) is 17.9. The van der Waals surface area contributed by atoms with Crippen LogP contribution in [0.4, 0.5) is 5.69 Å². The van der Waals surface area contributed by atoms with Crippen molar-refractivity contribution in [1.82, 2.24) is 19.5 Å². The van der Waals surface area contributed by atoms with E-state index in [9.17, 15) is 0 Å². The summed E-state index contributed by atoms with van der Waals surface area (Å²) in [5.74, 6) is 3.63. The number of nitrogens with zero attached hydrogens (tertiary/aromatic N) is 5. The van der Waals surface area contributed by atoms with E-state index >= 15 is 0 Å². The van der Waals surface area contributed by atoms with Crippen LogP contribution in [-0.2, 0) is 0 Å². The van der Waals surface area contributed by atoms with Crippen LogP contribution < -0.4 is 4.90 Å². The van der Waals surface area contributed by atoms with Gasteiger partial charge in [0.15, 0.2) is 11.6 Å². The molecule has 42 heavy (non-hydrogen) atoms. The largest absolute Gasteiger partial charge is 0.366 e. The van der Waals surface area contributed by atoms with Crippen molar-refractivity contribution in [2.45, 2.75) is 51.6 Å². The number of hydrogen-bond donors (Lipinski definition) is 0. The van der Waals surface area contributed by atoms with Gasteiger partial charge in [0, 0.05) is 39.7 Å². The predicted molar refractivity (Wildman–Crippen MR) is 172 cm³/mol. The summed E-state index contributed by atoms with van der Waals surface area (Å²) >= 11 is 0. The lowest BCUT2D eigenvalue weighted by atomic mass is 9.78. The van der Waals surface area contributed by atoms with Gasteiger partial charge in [-0.25, -0.2) is 4.98 Å².